The van der Waals surface area contributed by atoms with E-state index < -0.39 is 0 Å². The Kier molecular flexibility index (Phi) is 3.50. The molecule has 1 N–H and O–H groups in total. The summed E-state index contributed by atoms with van der Waals surface area (Å²) in [5, 5.41) is 9.22. The highest BCUT2D eigenvalue weighted by Gasteiger charge is 2.22. The minimum absolute atomic E-state index is 0.107. The van der Waals surface area contributed by atoms with Crippen LogP contribution in [0, 0.1) is 0 Å². The first kappa shape index (κ1) is 11.5. The number of hydrogen-bond acceptors (Lipinski definition) is 3. The molecule has 0 aliphatic rings. The minimum Gasteiger partial charge on any atom is -0.394 e. The maximum Gasteiger partial charge on any atom is 0.0658 e. The molecule has 0 saturated heterocycles. The Labute approximate surface area is 92.9 Å². The lowest BCUT2D eigenvalue weighted by atomic mass is 10.0. The number of anilines is 1. The summed E-state index contributed by atoms with van der Waals surface area (Å²) in [6.07, 6.45) is 3.52. The molecule has 14 heavy (non-hydrogen) atoms. The molecule has 1 aromatic heterocycles. The van der Waals surface area contributed by atoms with Gasteiger partial charge in [0.1, 0.15) is 0 Å². The molecular weight excluding hydrogens is 244 g/mol. The summed E-state index contributed by atoms with van der Waals surface area (Å²) in [5.41, 5.74) is 0.709. The van der Waals surface area contributed by atoms with Crippen molar-refractivity contribution in [3.05, 3.63) is 22.9 Å². The fourth-order valence-electron chi connectivity index (χ4n) is 1.04. The van der Waals surface area contributed by atoms with Gasteiger partial charge in [-0.15, -0.1) is 0 Å². The van der Waals surface area contributed by atoms with E-state index in [9.17, 15) is 5.11 Å². The number of halogens is 1. The Morgan fingerprint density at radius 2 is 2.14 bits per heavy atom. The Balaban J connectivity index is 2.94. The summed E-state index contributed by atoms with van der Waals surface area (Å²) >= 11 is 3.37. The molecule has 0 unspecified atom stereocenters. The number of aromatic nitrogens is 1. The summed E-state index contributed by atoms with van der Waals surface area (Å²) in [6.45, 7) is 4.07. The van der Waals surface area contributed by atoms with Crippen LogP contribution >= 0.6 is 15.9 Å². The molecular formula is C10H15BrN2O. The van der Waals surface area contributed by atoms with Crippen molar-refractivity contribution in [2.45, 2.75) is 19.4 Å². The van der Waals surface area contributed by atoms with Crippen molar-refractivity contribution in [2.24, 2.45) is 0 Å². The zero-order chi connectivity index (χ0) is 10.8. The van der Waals surface area contributed by atoms with Gasteiger partial charge in [0.15, 0.2) is 0 Å². The van der Waals surface area contributed by atoms with E-state index in [1.54, 1.807) is 12.4 Å². The highest BCUT2D eigenvalue weighted by atomic mass is 79.9. The summed E-state index contributed by atoms with van der Waals surface area (Å²) in [5.74, 6) is 0. The Bertz CT molecular complexity index is 315. The van der Waals surface area contributed by atoms with Crippen molar-refractivity contribution in [3.63, 3.8) is 0 Å². The second-order valence-electron chi connectivity index (χ2n) is 3.89. The molecule has 4 heteroatoms. The fraction of sp³-hybridized carbons (Fsp3) is 0.500. The SMILES string of the molecule is CN(c1cncc(Br)c1)C(C)(C)CO. The van der Waals surface area contributed by atoms with Crippen molar-refractivity contribution in [1.82, 2.24) is 4.98 Å². The first-order valence-corrected chi connectivity index (χ1v) is 5.22. The van der Waals surface area contributed by atoms with E-state index in [0.717, 1.165) is 10.2 Å². The number of aliphatic hydroxyl groups excluding tert-OH is 1. The summed E-state index contributed by atoms with van der Waals surface area (Å²) in [4.78, 5) is 6.09. The molecule has 0 saturated carbocycles. The van der Waals surface area contributed by atoms with E-state index in [-0.39, 0.29) is 12.1 Å². The van der Waals surface area contributed by atoms with Crippen LogP contribution in [-0.2, 0) is 0 Å². The molecule has 1 aromatic rings. The number of pyridine rings is 1. The predicted molar refractivity (Wildman–Crippen MR) is 61.5 cm³/mol. The van der Waals surface area contributed by atoms with Crippen LogP contribution in [0.2, 0.25) is 0 Å². The molecule has 0 aromatic carbocycles. The molecule has 0 aliphatic carbocycles. The van der Waals surface area contributed by atoms with Crippen molar-refractivity contribution >= 4 is 21.6 Å². The third kappa shape index (κ3) is 2.45. The topological polar surface area (TPSA) is 36.4 Å². The molecule has 0 atom stereocenters. The highest BCUT2D eigenvalue weighted by molar-refractivity contribution is 9.10. The molecule has 1 rings (SSSR count). The predicted octanol–water partition coefficient (Wildman–Crippen LogP) is 2.05. The van der Waals surface area contributed by atoms with Gasteiger partial charge in [0, 0.05) is 17.7 Å². The highest BCUT2D eigenvalue weighted by Crippen LogP contribution is 2.23. The van der Waals surface area contributed by atoms with E-state index in [1.807, 2.05) is 31.9 Å². The van der Waals surface area contributed by atoms with Crippen LogP contribution in [0.25, 0.3) is 0 Å². The van der Waals surface area contributed by atoms with Crippen LogP contribution in [0.3, 0.4) is 0 Å². The maximum absolute atomic E-state index is 9.22. The lowest BCUT2D eigenvalue weighted by Gasteiger charge is -2.35. The second kappa shape index (κ2) is 4.28. The van der Waals surface area contributed by atoms with Gasteiger partial charge in [-0.2, -0.15) is 0 Å². The summed E-state index contributed by atoms with van der Waals surface area (Å²) < 4.78 is 0.940. The molecule has 1 heterocycles. The van der Waals surface area contributed by atoms with Crippen LogP contribution in [0.4, 0.5) is 5.69 Å². The van der Waals surface area contributed by atoms with Crippen LogP contribution in [0.1, 0.15) is 13.8 Å². The third-order valence-electron chi connectivity index (χ3n) is 2.37. The molecule has 0 spiro atoms. The average Bonchev–Trinajstić information content (AvgIpc) is 2.16. The molecule has 3 nitrogen and oxygen atoms in total. The van der Waals surface area contributed by atoms with Gasteiger partial charge in [-0.05, 0) is 35.8 Å². The number of aliphatic hydroxyl groups is 1. The van der Waals surface area contributed by atoms with Crippen LogP contribution in [0.15, 0.2) is 22.9 Å². The van der Waals surface area contributed by atoms with Crippen molar-refractivity contribution in [3.8, 4) is 0 Å². The summed E-state index contributed by atoms with van der Waals surface area (Å²) in [6, 6.07) is 1.98. The number of hydrogen-bond donors (Lipinski definition) is 1. The number of likely N-dealkylation sites (N-methyl/N-ethyl adjacent to an activating group) is 1. The van der Waals surface area contributed by atoms with Crippen molar-refractivity contribution < 1.29 is 5.11 Å². The Hall–Kier alpha value is -0.610. The minimum atomic E-state index is -0.275. The summed E-state index contributed by atoms with van der Waals surface area (Å²) in [7, 11) is 1.94. The van der Waals surface area contributed by atoms with E-state index in [1.165, 1.54) is 0 Å². The first-order valence-electron chi connectivity index (χ1n) is 4.42. The molecule has 0 fully saturated rings. The van der Waals surface area contributed by atoms with Gasteiger partial charge in [-0.1, -0.05) is 0 Å². The third-order valence-corrected chi connectivity index (χ3v) is 2.81. The van der Waals surface area contributed by atoms with Gasteiger partial charge in [-0.25, -0.2) is 0 Å². The number of nitrogens with zero attached hydrogens (tertiary/aromatic N) is 2. The quantitative estimate of drug-likeness (QED) is 0.902. The number of rotatable bonds is 3. The van der Waals surface area contributed by atoms with E-state index in [0.29, 0.717) is 0 Å². The molecule has 0 amide bonds. The van der Waals surface area contributed by atoms with E-state index in [2.05, 4.69) is 20.9 Å². The normalized spacial score (nSPS) is 11.5. The zero-order valence-electron chi connectivity index (χ0n) is 8.66. The monoisotopic (exact) mass is 258 g/mol. The average molecular weight is 259 g/mol. The standard InChI is InChI=1S/C10H15BrN2O/c1-10(2,7-14)13(3)9-4-8(11)5-12-6-9/h4-6,14H,7H2,1-3H3. The molecule has 0 aliphatic heterocycles. The maximum atomic E-state index is 9.22. The molecule has 0 radical (unpaired) electrons. The van der Waals surface area contributed by atoms with Gasteiger partial charge >= 0.3 is 0 Å². The zero-order valence-corrected chi connectivity index (χ0v) is 10.2. The largest absolute Gasteiger partial charge is 0.394 e. The van der Waals surface area contributed by atoms with Crippen LogP contribution in [-0.4, -0.2) is 29.3 Å². The first-order chi connectivity index (χ1) is 6.47. The lowest BCUT2D eigenvalue weighted by Crippen LogP contribution is -2.44. The van der Waals surface area contributed by atoms with Crippen molar-refractivity contribution in [1.29, 1.82) is 0 Å². The van der Waals surface area contributed by atoms with E-state index >= 15 is 0 Å². The lowest BCUT2D eigenvalue weighted by molar-refractivity contribution is 0.216. The van der Waals surface area contributed by atoms with Gasteiger partial charge in [0.05, 0.1) is 24.0 Å². The fourth-order valence-corrected chi connectivity index (χ4v) is 1.39. The Morgan fingerprint density at radius 1 is 1.50 bits per heavy atom. The van der Waals surface area contributed by atoms with Gasteiger partial charge in [-0.3, -0.25) is 4.98 Å². The van der Waals surface area contributed by atoms with Crippen molar-refractivity contribution in [2.75, 3.05) is 18.6 Å². The van der Waals surface area contributed by atoms with Crippen LogP contribution < -0.4 is 4.90 Å². The smallest absolute Gasteiger partial charge is 0.0658 e. The second-order valence-corrected chi connectivity index (χ2v) is 4.81. The van der Waals surface area contributed by atoms with Gasteiger partial charge < -0.3 is 10.0 Å². The molecule has 0 bridgehead atoms. The Morgan fingerprint density at radius 3 is 2.64 bits per heavy atom. The molecule has 78 valence electrons. The van der Waals surface area contributed by atoms with Gasteiger partial charge in [0.2, 0.25) is 0 Å². The van der Waals surface area contributed by atoms with E-state index in [4.69, 9.17) is 0 Å². The van der Waals surface area contributed by atoms with Gasteiger partial charge in [0.25, 0.3) is 0 Å². The van der Waals surface area contributed by atoms with Crippen LogP contribution in [0.5, 0.6) is 0 Å².